The van der Waals surface area contributed by atoms with Gasteiger partial charge in [0, 0.05) is 25.4 Å². The maximum atomic E-state index is 14.3. The van der Waals surface area contributed by atoms with Crippen molar-refractivity contribution in [2.24, 2.45) is 0 Å². The van der Waals surface area contributed by atoms with Crippen molar-refractivity contribution in [3.63, 3.8) is 0 Å². The highest BCUT2D eigenvalue weighted by atomic mass is 19.1. The van der Waals surface area contributed by atoms with E-state index in [4.69, 9.17) is 0 Å². The summed E-state index contributed by atoms with van der Waals surface area (Å²) in [6.07, 6.45) is 1.62. The number of hydrogen-bond donors (Lipinski definition) is 2. The van der Waals surface area contributed by atoms with Gasteiger partial charge < -0.3 is 10.4 Å². The molecule has 0 bridgehead atoms. The summed E-state index contributed by atoms with van der Waals surface area (Å²) in [5, 5.41) is 11.8. The molecule has 0 atom stereocenters. The molecule has 4 rings (SSSR count). The van der Waals surface area contributed by atoms with Crippen LogP contribution in [0.2, 0.25) is 0 Å². The average molecular weight is 387 g/mol. The number of carbonyl (C=O) groups excluding carboxylic acids is 1. The summed E-state index contributed by atoms with van der Waals surface area (Å²) in [6.45, 7) is 0.732. The number of aromatic carboxylic acids is 1. The molecule has 4 heterocycles. The number of aromatic nitrogens is 3. The molecule has 0 aliphatic carbocycles. The Bertz CT molecular complexity index is 1210. The van der Waals surface area contributed by atoms with E-state index in [9.17, 15) is 28.3 Å². The molecule has 28 heavy (non-hydrogen) atoms. The Hall–Kier alpha value is -3.89. The normalized spacial score (nSPS) is 13.8. The van der Waals surface area contributed by atoms with E-state index in [1.54, 1.807) is 0 Å². The van der Waals surface area contributed by atoms with Crippen LogP contribution in [0.4, 0.5) is 19.4 Å². The van der Waals surface area contributed by atoms with E-state index in [0.29, 0.717) is 19.2 Å². The van der Waals surface area contributed by atoms with Crippen LogP contribution in [0.15, 0.2) is 35.4 Å². The van der Waals surface area contributed by atoms with Gasteiger partial charge in [-0.25, -0.2) is 28.3 Å². The van der Waals surface area contributed by atoms with E-state index in [2.05, 4.69) is 15.3 Å². The Morgan fingerprint density at radius 2 is 2.04 bits per heavy atom. The standard InChI is InChI=1S/C17H11F2N5O4/c18-8-5-11(19)15(21-6-8)24-7-10(16(26)27)13(25)9-1-2-12(22-14(9)24)23-4-3-20-17(23)28/h1-2,5-7H,3-4H2,(H,20,28)(H,26,27). The number of halogens is 2. The first kappa shape index (κ1) is 17.5. The average Bonchev–Trinajstić information content (AvgIpc) is 3.08. The van der Waals surface area contributed by atoms with Gasteiger partial charge >= 0.3 is 12.0 Å². The zero-order valence-corrected chi connectivity index (χ0v) is 14.0. The molecule has 0 aromatic carbocycles. The Labute approximate surface area is 154 Å². The van der Waals surface area contributed by atoms with Crippen LogP contribution in [0.3, 0.4) is 0 Å². The third-order valence-corrected chi connectivity index (χ3v) is 4.22. The maximum absolute atomic E-state index is 14.3. The van der Waals surface area contributed by atoms with Crippen molar-refractivity contribution in [2.75, 3.05) is 18.0 Å². The minimum atomic E-state index is -1.52. The Morgan fingerprint density at radius 1 is 1.25 bits per heavy atom. The number of nitrogens with zero attached hydrogens (tertiary/aromatic N) is 4. The van der Waals surface area contributed by atoms with Crippen LogP contribution in [0.25, 0.3) is 16.9 Å². The van der Waals surface area contributed by atoms with E-state index in [-0.39, 0.29) is 16.9 Å². The number of rotatable bonds is 3. The van der Waals surface area contributed by atoms with Gasteiger partial charge in [-0.3, -0.25) is 14.3 Å². The third kappa shape index (κ3) is 2.73. The van der Waals surface area contributed by atoms with E-state index < -0.39 is 40.4 Å². The van der Waals surface area contributed by atoms with Crippen molar-refractivity contribution in [2.45, 2.75) is 0 Å². The highest BCUT2D eigenvalue weighted by Crippen LogP contribution is 2.22. The minimum Gasteiger partial charge on any atom is -0.477 e. The van der Waals surface area contributed by atoms with Crippen LogP contribution in [-0.4, -0.2) is 44.7 Å². The fourth-order valence-corrected chi connectivity index (χ4v) is 2.93. The molecule has 1 saturated heterocycles. The van der Waals surface area contributed by atoms with Crippen LogP contribution in [0.1, 0.15) is 10.4 Å². The van der Waals surface area contributed by atoms with E-state index in [0.717, 1.165) is 17.0 Å². The second-order valence-corrected chi connectivity index (χ2v) is 5.93. The molecule has 11 heteroatoms. The van der Waals surface area contributed by atoms with Crippen molar-refractivity contribution < 1.29 is 23.5 Å². The Morgan fingerprint density at radius 3 is 2.68 bits per heavy atom. The lowest BCUT2D eigenvalue weighted by Crippen LogP contribution is -2.29. The second-order valence-electron chi connectivity index (χ2n) is 5.93. The molecule has 0 saturated carbocycles. The molecule has 2 amide bonds. The first-order valence-electron chi connectivity index (χ1n) is 8.03. The van der Waals surface area contributed by atoms with Crippen molar-refractivity contribution in [1.82, 2.24) is 19.9 Å². The fraction of sp³-hybridized carbons (Fsp3) is 0.118. The lowest BCUT2D eigenvalue weighted by atomic mass is 10.2. The molecule has 0 radical (unpaired) electrons. The van der Waals surface area contributed by atoms with E-state index in [1.165, 1.54) is 17.0 Å². The molecule has 3 aromatic rings. The molecule has 0 unspecified atom stereocenters. The van der Waals surface area contributed by atoms with Gasteiger partial charge in [-0.1, -0.05) is 0 Å². The zero-order valence-electron chi connectivity index (χ0n) is 14.0. The molecule has 1 aliphatic rings. The number of pyridine rings is 3. The molecule has 142 valence electrons. The van der Waals surface area contributed by atoms with Gasteiger partial charge in [-0.05, 0) is 12.1 Å². The molecule has 1 fully saturated rings. The fourth-order valence-electron chi connectivity index (χ4n) is 2.93. The number of carboxylic acid groups (broad SMARTS) is 1. The number of fused-ring (bicyclic) bond motifs is 1. The zero-order chi connectivity index (χ0) is 20.0. The van der Waals surface area contributed by atoms with Gasteiger partial charge in [-0.2, -0.15) is 0 Å². The van der Waals surface area contributed by atoms with Crippen molar-refractivity contribution in [3.05, 3.63) is 58.0 Å². The van der Waals surface area contributed by atoms with Gasteiger partial charge in [0.15, 0.2) is 17.3 Å². The van der Waals surface area contributed by atoms with E-state index in [1.807, 2.05) is 0 Å². The largest absolute Gasteiger partial charge is 0.477 e. The van der Waals surface area contributed by atoms with Crippen LogP contribution in [0, 0.1) is 11.6 Å². The lowest BCUT2D eigenvalue weighted by Gasteiger charge is -2.16. The first-order chi connectivity index (χ1) is 13.4. The Balaban J connectivity index is 2.04. The van der Waals surface area contributed by atoms with Crippen LogP contribution in [-0.2, 0) is 0 Å². The van der Waals surface area contributed by atoms with Gasteiger partial charge in [0.25, 0.3) is 0 Å². The SMILES string of the molecule is O=C(O)c1cn(-c2ncc(F)cc2F)c2nc(N3CCNC3=O)ccc2c1=O. The predicted molar refractivity (Wildman–Crippen MR) is 92.8 cm³/mol. The number of hydrogen-bond acceptors (Lipinski definition) is 5. The summed E-state index contributed by atoms with van der Waals surface area (Å²) < 4.78 is 28.5. The first-order valence-corrected chi connectivity index (χ1v) is 8.03. The number of carboxylic acids is 1. The third-order valence-electron chi connectivity index (χ3n) is 4.22. The van der Waals surface area contributed by atoms with Crippen LogP contribution >= 0.6 is 0 Å². The number of anilines is 1. The maximum Gasteiger partial charge on any atom is 0.341 e. The summed E-state index contributed by atoms with van der Waals surface area (Å²) in [5.74, 6) is -3.78. The van der Waals surface area contributed by atoms with E-state index >= 15 is 0 Å². The van der Waals surface area contributed by atoms with Gasteiger partial charge in [0.2, 0.25) is 5.43 Å². The number of nitrogens with one attached hydrogen (secondary N) is 1. The van der Waals surface area contributed by atoms with Gasteiger partial charge in [0.1, 0.15) is 17.2 Å². The Kier molecular flexibility index (Phi) is 3.99. The molecular weight excluding hydrogens is 376 g/mol. The van der Waals surface area contributed by atoms with Gasteiger partial charge in [0.05, 0.1) is 11.6 Å². The summed E-state index contributed by atoms with van der Waals surface area (Å²) >= 11 is 0. The highest BCUT2D eigenvalue weighted by molar-refractivity contribution is 5.95. The molecule has 1 aliphatic heterocycles. The summed E-state index contributed by atoms with van der Waals surface area (Å²) in [4.78, 5) is 45.0. The van der Waals surface area contributed by atoms with Crippen molar-refractivity contribution >= 4 is 28.9 Å². The quantitative estimate of drug-likeness (QED) is 0.699. The lowest BCUT2D eigenvalue weighted by molar-refractivity contribution is 0.0695. The van der Waals surface area contributed by atoms with Crippen molar-refractivity contribution in [1.29, 1.82) is 0 Å². The van der Waals surface area contributed by atoms with Crippen LogP contribution in [0.5, 0.6) is 0 Å². The van der Waals surface area contributed by atoms with Gasteiger partial charge in [-0.15, -0.1) is 0 Å². The topological polar surface area (TPSA) is 117 Å². The predicted octanol–water partition coefficient (Wildman–Crippen LogP) is 1.29. The molecular formula is C17H11F2N5O4. The summed E-state index contributed by atoms with van der Waals surface area (Å²) in [7, 11) is 0. The molecule has 0 spiro atoms. The molecule has 2 N–H and O–H groups in total. The number of urea groups is 1. The molecule has 9 nitrogen and oxygen atoms in total. The highest BCUT2D eigenvalue weighted by Gasteiger charge is 2.24. The summed E-state index contributed by atoms with van der Waals surface area (Å²) in [5.41, 5.74) is -1.58. The number of carbonyl (C=O) groups is 2. The molecule has 3 aromatic heterocycles. The monoisotopic (exact) mass is 387 g/mol. The minimum absolute atomic E-state index is 0.117. The van der Waals surface area contributed by atoms with Crippen molar-refractivity contribution in [3.8, 4) is 5.82 Å². The summed E-state index contributed by atoms with van der Waals surface area (Å²) in [6, 6.07) is 2.87. The van der Waals surface area contributed by atoms with Crippen LogP contribution < -0.4 is 15.6 Å². The second kappa shape index (κ2) is 6.37. The smallest absolute Gasteiger partial charge is 0.341 e. The number of amides is 2.